The second-order valence-electron chi connectivity index (χ2n) is 4.34. The molecule has 5 nitrogen and oxygen atoms in total. The third-order valence-corrected chi connectivity index (χ3v) is 3.57. The molecule has 0 amide bonds. The molecule has 2 aromatic carbocycles. The number of rotatable bonds is 3. The zero-order valence-electron chi connectivity index (χ0n) is 10.8. The number of H-pyrrole nitrogens is 1. The SMILES string of the molecule is COc1cc(Nc2nc3ccc(N)cc3[nH]2)ccc1Br. The lowest BCUT2D eigenvalue weighted by atomic mass is 10.3. The van der Waals surface area contributed by atoms with Crippen LogP contribution in [0.15, 0.2) is 40.9 Å². The van der Waals surface area contributed by atoms with Crippen molar-refractivity contribution < 1.29 is 4.74 Å². The van der Waals surface area contributed by atoms with Crippen molar-refractivity contribution in [3.63, 3.8) is 0 Å². The molecular weight excluding hydrogens is 320 g/mol. The Bertz CT molecular complexity index is 769. The maximum absolute atomic E-state index is 5.75. The van der Waals surface area contributed by atoms with Crippen LogP contribution in [0.1, 0.15) is 0 Å². The van der Waals surface area contributed by atoms with Crippen LogP contribution in [0.3, 0.4) is 0 Å². The van der Waals surface area contributed by atoms with Gasteiger partial charge in [0.05, 0.1) is 22.6 Å². The highest BCUT2D eigenvalue weighted by molar-refractivity contribution is 9.10. The normalized spacial score (nSPS) is 10.7. The predicted octanol–water partition coefficient (Wildman–Crippen LogP) is 3.66. The second-order valence-corrected chi connectivity index (χ2v) is 5.19. The first-order chi connectivity index (χ1) is 9.65. The standard InChI is InChI=1S/C14H13BrN4O/c1-20-13-7-9(3-4-10(13)15)17-14-18-11-5-2-8(16)6-12(11)19-14/h2-7H,16H2,1H3,(H2,17,18,19). The molecule has 0 aliphatic carbocycles. The van der Waals surface area contributed by atoms with Crippen molar-refractivity contribution in [2.24, 2.45) is 0 Å². The van der Waals surface area contributed by atoms with Crippen LogP contribution in [0, 0.1) is 0 Å². The maximum atomic E-state index is 5.75. The smallest absolute Gasteiger partial charge is 0.205 e. The van der Waals surface area contributed by atoms with E-state index in [9.17, 15) is 0 Å². The highest BCUT2D eigenvalue weighted by Crippen LogP contribution is 2.29. The molecule has 0 bridgehead atoms. The van der Waals surface area contributed by atoms with E-state index in [-0.39, 0.29) is 0 Å². The predicted molar refractivity (Wildman–Crippen MR) is 84.5 cm³/mol. The van der Waals surface area contributed by atoms with E-state index in [0.717, 1.165) is 26.9 Å². The van der Waals surface area contributed by atoms with Gasteiger partial charge in [0.25, 0.3) is 0 Å². The fourth-order valence-electron chi connectivity index (χ4n) is 1.96. The van der Waals surface area contributed by atoms with E-state index in [4.69, 9.17) is 10.5 Å². The van der Waals surface area contributed by atoms with Gasteiger partial charge in [-0.05, 0) is 46.3 Å². The lowest BCUT2D eigenvalue weighted by Crippen LogP contribution is -1.93. The van der Waals surface area contributed by atoms with Gasteiger partial charge in [-0.25, -0.2) is 4.98 Å². The second kappa shape index (κ2) is 5.05. The molecule has 0 fully saturated rings. The minimum absolute atomic E-state index is 0.662. The van der Waals surface area contributed by atoms with Crippen molar-refractivity contribution in [3.8, 4) is 5.75 Å². The molecule has 20 heavy (non-hydrogen) atoms. The van der Waals surface area contributed by atoms with Gasteiger partial charge in [-0.2, -0.15) is 0 Å². The van der Waals surface area contributed by atoms with Crippen molar-refractivity contribution in [2.45, 2.75) is 0 Å². The molecule has 0 unspecified atom stereocenters. The number of halogens is 1. The summed E-state index contributed by atoms with van der Waals surface area (Å²) >= 11 is 3.42. The number of methoxy groups -OCH3 is 1. The van der Waals surface area contributed by atoms with Gasteiger partial charge in [0.1, 0.15) is 5.75 Å². The highest BCUT2D eigenvalue weighted by atomic mass is 79.9. The van der Waals surface area contributed by atoms with Gasteiger partial charge in [-0.3, -0.25) is 0 Å². The van der Waals surface area contributed by atoms with E-state index in [1.807, 2.05) is 36.4 Å². The lowest BCUT2D eigenvalue weighted by Gasteiger charge is -2.07. The summed E-state index contributed by atoms with van der Waals surface area (Å²) in [5.74, 6) is 1.42. The van der Waals surface area contributed by atoms with Crippen LogP contribution in [0.25, 0.3) is 11.0 Å². The number of hydrogen-bond acceptors (Lipinski definition) is 4. The summed E-state index contributed by atoms with van der Waals surface area (Å²) in [6, 6.07) is 11.3. The molecule has 102 valence electrons. The van der Waals surface area contributed by atoms with Crippen LogP contribution in [0.4, 0.5) is 17.3 Å². The Morgan fingerprint density at radius 1 is 1.25 bits per heavy atom. The third-order valence-electron chi connectivity index (χ3n) is 2.92. The minimum Gasteiger partial charge on any atom is -0.495 e. The number of fused-ring (bicyclic) bond motifs is 1. The molecule has 0 atom stereocenters. The molecule has 0 radical (unpaired) electrons. The van der Waals surface area contributed by atoms with Gasteiger partial charge in [-0.15, -0.1) is 0 Å². The number of hydrogen-bond donors (Lipinski definition) is 3. The maximum Gasteiger partial charge on any atom is 0.205 e. The molecule has 0 spiro atoms. The zero-order chi connectivity index (χ0) is 14.1. The Kier molecular flexibility index (Phi) is 3.23. The Morgan fingerprint density at radius 2 is 2.10 bits per heavy atom. The average molecular weight is 333 g/mol. The number of nitrogens with one attached hydrogen (secondary N) is 2. The van der Waals surface area contributed by atoms with Crippen LogP contribution in [0.5, 0.6) is 5.75 Å². The molecule has 4 N–H and O–H groups in total. The number of benzene rings is 2. The molecule has 6 heteroatoms. The molecule has 3 aromatic rings. The minimum atomic E-state index is 0.662. The average Bonchev–Trinajstić information content (AvgIpc) is 2.82. The van der Waals surface area contributed by atoms with Crippen LogP contribution >= 0.6 is 15.9 Å². The Labute approximate surface area is 124 Å². The number of nitrogens with two attached hydrogens (primary N) is 1. The first-order valence-electron chi connectivity index (χ1n) is 6.01. The van der Waals surface area contributed by atoms with E-state index in [1.54, 1.807) is 7.11 Å². The monoisotopic (exact) mass is 332 g/mol. The van der Waals surface area contributed by atoms with Gasteiger partial charge >= 0.3 is 0 Å². The van der Waals surface area contributed by atoms with Gasteiger partial charge in [0, 0.05) is 17.4 Å². The number of ether oxygens (including phenoxy) is 1. The van der Waals surface area contributed by atoms with Crippen LogP contribution in [0.2, 0.25) is 0 Å². The van der Waals surface area contributed by atoms with Crippen molar-refractivity contribution in [1.82, 2.24) is 9.97 Å². The first kappa shape index (κ1) is 12.8. The fraction of sp³-hybridized carbons (Fsp3) is 0.0714. The van der Waals surface area contributed by atoms with Crippen LogP contribution in [-0.2, 0) is 0 Å². The molecule has 1 heterocycles. The van der Waals surface area contributed by atoms with E-state index < -0.39 is 0 Å². The molecule has 1 aromatic heterocycles. The third kappa shape index (κ3) is 2.42. The first-order valence-corrected chi connectivity index (χ1v) is 6.81. The summed E-state index contributed by atoms with van der Waals surface area (Å²) in [6.07, 6.45) is 0. The summed E-state index contributed by atoms with van der Waals surface area (Å²) in [7, 11) is 1.63. The van der Waals surface area contributed by atoms with Gasteiger partial charge in [0.15, 0.2) is 0 Å². The topological polar surface area (TPSA) is 76.0 Å². The summed E-state index contributed by atoms with van der Waals surface area (Å²) in [6.45, 7) is 0. The number of aromatic amines is 1. The Balaban J connectivity index is 1.92. The molecule has 0 aliphatic rings. The van der Waals surface area contributed by atoms with Crippen molar-refractivity contribution in [2.75, 3.05) is 18.2 Å². The number of imidazole rings is 1. The number of aromatic nitrogens is 2. The Hall–Kier alpha value is -2.21. The number of anilines is 3. The molecular formula is C14H13BrN4O. The molecule has 0 saturated carbocycles. The largest absolute Gasteiger partial charge is 0.495 e. The molecule has 3 rings (SSSR count). The lowest BCUT2D eigenvalue weighted by molar-refractivity contribution is 0.412. The van der Waals surface area contributed by atoms with Crippen molar-refractivity contribution >= 4 is 44.3 Å². The quantitative estimate of drug-likeness (QED) is 0.640. The van der Waals surface area contributed by atoms with E-state index in [0.29, 0.717) is 11.6 Å². The van der Waals surface area contributed by atoms with E-state index in [1.165, 1.54) is 0 Å². The summed E-state index contributed by atoms with van der Waals surface area (Å²) in [4.78, 5) is 7.63. The van der Waals surface area contributed by atoms with Crippen molar-refractivity contribution in [3.05, 3.63) is 40.9 Å². The number of nitrogen functional groups attached to an aromatic ring is 1. The molecule has 0 saturated heterocycles. The van der Waals surface area contributed by atoms with Crippen LogP contribution in [-0.4, -0.2) is 17.1 Å². The van der Waals surface area contributed by atoms with E-state index in [2.05, 4.69) is 31.2 Å². The Morgan fingerprint density at radius 3 is 2.90 bits per heavy atom. The highest BCUT2D eigenvalue weighted by Gasteiger charge is 2.05. The van der Waals surface area contributed by atoms with Crippen LogP contribution < -0.4 is 15.8 Å². The van der Waals surface area contributed by atoms with Gasteiger partial charge < -0.3 is 20.8 Å². The summed E-state index contributed by atoms with van der Waals surface area (Å²) in [5, 5.41) is 3.21. The fourth-order valence-corrected chi connectivity index (χ4v) is 2.37. The van der Waals surface area contributed by atoms with E-state index >= 15 is 0 Å². The van der Waals surface area contributed by atoms with Gasteiger partial charge in [-0.1, -0.05) is 0 Å². The summed E-state index contributed by atoms with van der Waals surface area (Å²) < 4.78 is 6.17. The van der Waals surface area contributed by atoms with Crippen molar-refractivity contribution in [1.29, 1.82) is 0 Å². The van der Waals surface area contributed by atoms with Gasteiger partial charge in [0.2, 0.25) is 5.95 Å². The molecule has 0 aliphatic heterocycles. The summed E-state index contributed by atoms with van der Waals surface area (Å²) in [5.41, 5.74) is 9.11. The number of nitrogens with zero attached hydrogens (tertiary/aromatic N) is 1. The zero-order valence-corrected chi connectivity index (χ0v) is 12.4.